The first-order chi connectivity index (χ1) is 18.9. The zero-order valence-corrected chi connectivity index (χ0v) is 24.3. The van der Waals surface area contributed by atoms with Crippen LogP contribution in [0.15, 0.2) is 46.0 Å². The highest BCUT2D eigenvalue weighted by molar-refractivity contribution is 8.01. The first-order valence-electron chi connectivity index (χ1n) is 12.4. The van der Waals surface area contributed by atoms with Gasteiger partial charge in [0.15, 0.2) is 15.8 Å². The largest absolute Gasteiger partial charge is 0.487 e. The third kappa shape index (κ3) is 7.89. The third-order valence-corrected chi connectivity index (χ3v) is 7.87. The molecule has 1 N–H and O–H groups in total. The van der Waals surface area contributed by atoms with Gasteiger partial charge in [-0.25, -0.2) is 15.0 Å². The molecule has 0 fully saturated rings. The number of thiazole rings is 1. The summed E-state index contributed by atoms with van der Waals surface area (Å²) in [6.45, 7) is 7.60. The van der Waals surface area contributed by atoms with Crippen molar-refractivity contribution in [3.05, 3.63) is 58.4 Å². The highest BCUT2D eigenvalue weighted by Gasteiger charge is 2.17. The molecule has 0 saturated carbocycles. The van der Waals surface area contributed by atoms with Crippen LogP contribution in [0.2, 0.25) is 0 Å². The van der Waals surface area contributed by atoms with Crippen molar-refractivity contribution in [3.8, 4) is 11.5 Å². The predicted molar refractivity (Wildman–Crippen MR) is 154 cm³/mol. The van der Waals surface area contributed by atoms with E-state index in [0.717, 1.165) is 47.7 Å². The molecule has 39 heavy (non-hydrogen) atoms. The molecule has 0 atom stereocenters. The zero-order chi connectivity index (χ0) is 27.8. The Balaban J connectivity index is 1.53. The molecule has 0 radical (unpaired) electrons. The van der Waals surface area contributed by atoms with E-state index in [-0.39, 0.29) is 12.3 Å². The SMILES string of the molecule is COCCOc1cc2ncnc(Sc3nc(C)c(CC(=O)Nc4cc(C)cc(C)c4)s3)c2cc1OCCOC. The van der Waals surface area contributed by atoms with E-state index in [4.69, 9.17) is 23.9 Å². The van der Waals surface area contributed by atoms with E-state index in [0.29, 0.717) is 37.9 Å². The van der Waals surface area contributed by atoms with Gasteiger partial charge in [-0.3, -0.25) is 4.79 Å². The number of anilines is 1. The summed E-state index contributed by atoms with van der Waals surface area (Å²) in [6.07, 6.45) is 1.77. The fourth-order valence-electron chi connectivity index (χ4n) is 3.91. The minimum absolute atomic E-state index is 0.0744. The zero-order valence-electron chi connectivity index (χ0n) is 22.7. The quantitative estimate of drug-likeness (QED) is 0.168. The molecule has 9 nitrogen and oxygen atoms in total. The van der Waals surface area contributed by atoms with Crippen LogP contribution < -0.4 is 14.8 Å². The number of nitrogens with zero attached hydrogens (tertiary/aromatic N) is 3. The van der Waals surface area contributed by atoms with Gasteiger partial charge in [0.1, 0.15) is 24.6 Å². The van der Waals surface area contributed by atoms with Crippen LogP contribution in [0.3, 0.4) is 0 Å². The topological polar surface area (TPSA) is 105 Å². The number of carbonyl (C=O) groups excluding carboxylic acids is 1. The van der Waals surface area contributed by atoms with Crippen molar-refractivity contribution in [1.82, 2.24) is 15.0 Å². The van der Waals surface area contributed by atoms with Crippen molar-refractivity contribution in [3.63, 3.8) is 0 Å². The van der Waals surface area contributed by atoms with Crippen molar-refractivity contribution >= 4 is 45.6 Å². The van der Waals surface area contributed by atoms with Crippen LogP contribution in [-0.2, 0) is 20.7 Å². The number of fused-ring (bicyclic) bond motifs is 1. The summed E-state index contributed by atoms with van der Waals surface area (Å²) < 4.78 is 22.8. The Kier molecular flexibility index (Phi) is 10.1. The molecule has 2 heterocycles. The van der Waals surface area contributed by atoms with E-state index in [2.05, 4.69) is 21.4 Å². The third-order valence-electron chi connectivity index (χ3n) is 5.64. The van der Waals surface area contributed by atoms with Crippen molar-refractivity contribution in [2.24, 2.45) is 0 Å². The summed E-state index contributed by atoms with van der Waals surface area (Å²) in [6, 6.07) is 9.73. The maximum atomic E-state index is 12.8. The van der Waals surface area contributed by atoms with Gasteiger partial charge in [0.2, 0.25) is 5.91 Å². The molecule has 2 aromatic carbocycles. The summed E-state index contributed by atoms with van der Waals surface area (Å²) in [5, 5.41) is 4.55. The molecule has 0 bridgehead atoms. The lowest BCUT2D eigenvalue weighted by Gasteiger charge is -2.14. The number of aryl methyl sites for hydroxylation is 3. The average molecular weight is 569 g/mol. The maximum Gasteiger partial charge on any atom is 0.229 e. The van der Waals surface area contributed by atoms with Gasteiger partial charge in [-0.1, -0.05) is 6.07 Å². The first-order valence-corrected chi connectivity index (χ1v) is 14.0. The normalized spacial score (nSPS) is 11.1. The number of aromatic nitrogens is 3. The minimum Gasteiger partial charge on any atom is -0.487 e. The molecule has 0 spiro atoms. The summed E-state index contributed by atoms with van der Waals surface area (Å²) in [5.74, 6) is 1.08. The Morgan fingerprint density at radius 3 is 2.23 bits per heavy atom. The fourth-order valence-corrected chi connectivity index (χ4v) is 6.12. The Labute approximate surface area is 236 Å². The number of carbonyl (C=O) groups is 1. The molecule has 11 heteroatoms. The molecule has 4 rings (SSSR count). The van der Waals surface area contributed by atoms with Crippen LogP contribution in [0.4, 0.5) is 5.69 Å². The van der Waals surface area contributed by atoms with E-state index < -0.39 is 0 Å². The Hall–Kier alpha value is -3.25. The standard InChI is InChI=1S/C28H32N4O5S2/c1-17-10-18(2)12-20(11-17)32-26(33)15-25-19(3)31-28(38-25)39-27-21-13-23(36-8-6-34-4)24(37-9-7-35-5)14-22(21)29-16-30-27/h10-14,16H,6-9,15H2,1-5H3,(H,32,33). The van der Waals surface area contributed by atoms with Gasteiger partial charge in [-0.05, 0) is 61.9 Å². The van der Waals surface area contributed by atoms with Crippen LogP contribution in [0, 0.1) is 20.8 Å². The predicted octanol–water partition coefficient (Wildman–Crippen LogP) is 5.39. The lowest BCUT2D eigenvalue weighted by molar-refractivity contribution is -0.115. The van der Waals surface area contributed by atoms with Gasteiger partial charge in [-0.2, -0.15) is 0 Å². The highest BCUT2D eigenvalue weighted by atomic mass is 32.2. The lowest BCUT2D eigenvalue weighted by Crippen LogP contribution is -2.14. The number of amides is 1. The Bertz CT molecular complexity index is 1420. The number of nitrogens with one attached hydrogen (secondary N) is 1. The number of benzene rings is 2. The number of hydrogen-bond donors (Lipinski definition) is 1. The van der Waals surface area contributed by atoms with Crippen LogP contribution in [0.25, 0.3) is 10.9 Å². The maximum absolute atomic E-state index is 12.8. The summed E-state index contributed by atoms with van der Waals surface area (Å²) >= 11 is 2.93. The Morgan fingerprint density at radius 1 is 0.897 bits per heavy atom. The van der Waals surface area contributed by atoms with E-state index >= 15 is 0 Å². The minimum atomic E-state index is -0.0744. The van der Waals surface area contributed by atoms with Crippen molar-refractivity contribution in [1.29, 1.82) is 0 Å². The van der Waals surface area contributed by atoms with Gasteiger partial charge >= 0.3 is 0 Å². The van der Waals surface area contributed by atoms with Gasteiger partial charge < -0.3 is 24.3 Å². The molecule has 0 saturated heterocycles. The summed E-state index contributed by atoms with van der Waals surface area (Å²) in [4.78, 5) is 27.3. The van der Waals surface area contributed by atoms with Crippen LogP contribution in [0.5, 0.6) is 11.5 Å². The van der Waals surface area contributed by atoms with Crippen LogP contribution in [-0.4, -0.2) is 61.5 Å². The number of ether oxygens (including phenoxy) is 4. The Morgan fingerprint density at radius 2 is 1.56 bits per heavy atom. The van der Waals surface area contributed by atoms with Crippen molar-refractivity contribution < 1.29 is 23.7 Å². The first kappa shape index (κ1) is 28.8. The van der Waals surface area contributed by atoms with E-state index in [1.54, 1.807) is 14.2 Å². The molecule has 0 aliphatic heterocycles. The lowest BCUT2D eigenvalue weighted by atomic mass is 10.1. The van der Waals surface area contributed by atoms with Gasteiger partial charge in [0.25, 0.3) is 0 Å². The van der Waals surface area contributed by atoms with Crippen LogP contribution in [0.1, 0.15) is 21.7 Å². The van der Waals surface area contributed by atoms with E-state index in [1.165, 1.54) is 29.4 Å². The molecule has 1 amide bonds. The average Bonchev–Trinajstić information content (AvgIpc) is 3.22. The molecular weight excluding hydrogens is 536 g/mol. The van der Waals surface area contributed by atoms with Crippen LogP contribution >= 0.6 is 23.1 Å². The number of hydrogen-bond acceptors (Lipinski definition) is 10. The molecular formula is C28H32N4O5S2. The van der Waals surface area contributed by atoms with Crippen molar-refractivity contribution in [2.45, 2.75) is 36.6 Å². The summed E-state index contributed by atoms with van der Waals surface area (Å²) in [7, 11) is 3.25. The number of rotatable bonds is 13. The molecule has 4 aromatic rings. The second-order valence-electron chi connectivity index (χ2n) is 8.87. The van der Waals surface area contributed by atoms with Gasteiger partial charge in [0.05, 0.1) is 30.8 Å². The van der Waals surface area contributed by atoms with E-state index in [1.807, 2.05) is 45.0 Å². The second kappa shape index (κ2) is 13.7. The van der Waals surface area contributed by atoms with Gasteiger partial charge in [0, 0.05) is 36.2 Å². The highest BCUT2D eigenvalue weighted by Crippen LogP contribution is 2.39. The van der Waals surface area contributed by atoms with E-state index in [9.17, 15) is 4.79 Å². The molecule has 0 unspecified atom stereocenters. The fraction of sp³-hybridized carbons (Fsp3) is 0.357. The monoisotopic (exact) mass is 568 g/mol. The second-order valence-corrected chi connectivity index (χ2v) is 11.2. The molecule has 2 aromatic heterocycles. The molecule has 0 aliphatic carbocycles. The summed E-state index contributed by atoms with van der Waals surface area (Å²) in [5.41, 5.74) is 4.57. The van der Waals surface area contributed by atoms with Gasteiger partial charge in [-0.15, -0.1) is 11.3 Å². The number of methoxy groups -OCH3 is 2. The van der Waals surface area contributed by atoms with Crippen molar-refractivity contribution in [2.75, 3.05) is 46.0 Å². The smallest absolute Gasteiger partial charge is 0.229 e. The molecule has 0 aliphatic rings. The molecule has 206 valence electrons.